The molecule has 0 aromatic heterocycles. The SMILES string of the molecule is O=C1NC2=CC=CCC2C1=C1C=Cc2cc([N+](=O)[O-])ccc2N1. The molecular weight excluding hydrogens is 294 g/mol. The highest BCUT2D eigenvalue weighted by molar-refractivity contribution is 6.01. The van der Waals surface area contributed by atoms with Gasteiger partial charge < -0.3 is 10.6 Å². The number of nitro groups is 1. The van der Waals surface area contributed by atoms with E-state index >= 15 is 0 Å². The Labute approximate surface area is 132 Å². The third kappa shape index (κ3) is 2.15. The van der Waals surface area contributed by atoms with Gasteiger partial charge in [-0.05, 0) is 24.6 Å². The molecule has 4 rings (SSSR count). The van der Waals surface area contributed by atoms with Crippen LogP contribution in [-0.4, -0.2) is 10.8 Å². The fraction of sp³-hybridized carbons (Fsp3) is 0.118. The molecule has 0 spiro atoms. The van der Waals surface area contributed by atoms with Gasteiger partial charge in [0.25, 0.3) is 11.6 Å². The van der Waals surface area contributed by atoms with Crippen molar-refractivity contribution >= 4 is 23.4 Å². The Morgan fingerprint density at radius 3 is 2.91 bits per heavy atom. The largest absolute Gasteiger partial charge is 0.355 e. The number of benzene rings is 1. The third-order valence-electron chi connectivity index (χ3n) is 4.25. The molecule has 1 aromatic carbocycles. The van der Waals surface area contributed by atoms with Gasteiger partial charge in [-0.15, -0.1) is 0 Å². The number of rotatable bonds is 1. The number of hydrogen-bond donors (Lipinski definition) is 2. The van der Waals surface area contributed by atoms with Gasteiger partial charge in [0.2, 0.25) is 0 Å². The Morgan fingerprint density at radius 2 is 2.09 bits per heavy atom. The summed E-state index contributed by atoms with van der Waals surface area (Å²) in [6.45, 7) is 0. The van der Waals surface area contributed by atoms with E-state index < -0.39 is 4.92 Å². The first kappa shape index (κ1) is 13.5. The summed E-state index contributed by atoms with van der Waals surface area (Å²) in [7, 11) is 0. The molecule has 6 nitrogen and oxygen atoms in total. The zero-order valence-electron chi connectivity index (χ0n) is 12.1. The number of fused-ring (bicyclic) bond motifs is 2. The van der Waals surface area contributed by atoms with Crippen LogP contribution in [0.3, 0.4) is 0 Å². The predicted octanol–water partition coefficient (Wildman–Crippen LogP) is 2.88. The highest BCUT2D eigenvalue weighted by atomic mass is 16.6. The second-order valence-electron chi connectivity index (χ2n) is 5.61. The van der Waals surface area contributed by atoms with Crippen molar-refractivity contribution in [3.63, 3.8) is 0 Å². The maximum atomic E-state index is 12.3. The van der Waals surface area contributed by atoms with Gasteiger partial charge in [-0.1, -0.05) is 18.2 Å². The summed E-state index contributed by atoms with van der Waals surface area (Å²) in [6, 6.07) is 4.64. The van der Waals surface area contributed by atoms with Crippen LogP contribution in [0.4, 0.5) is 11.4 Å². The lowest BCUT2D eigenvalue weighted by Gasteiger charge is -2.20. The highest BCUT2D eigenvalue weighted by Gasteiger charge is 2.35. The number of hydrogen-bond acceptors (Lipinski definition) is 4. The standard InChI is InChI=1S/C17H13N3O3/c21-17-16(12-3-1-2-4-14(12)19-17)15-7-5-10-9-11(20(22)23)6-8-13(10)18-15/h1-2,4-9,12,18H,3H2,(H,19,21). The molecule has 0 bridgehead atoms. The van der Waals surface area contributed by atoms with Crippen molar-refractivity contribution in [1.29, 1.82) is 0 Å². The molecule has 2 heterocycles. The molecule has 23 heavy (non-hydrogen) atoms. The van der Waals surface area contributed by atoms with E-state index in [0.29, 0.717) is 5.57 Å². The quantitative estimate of drug-likeness (QED) is 0.474. The lowest BCUT2D eigenvalue weighted by atomic mass is 9.90. The fourth-order valence-corrected chi connectivity index (χ4v) is 3.13. The lowest BCUT2D eigenvalue weighted by Crippen LogP contribution is -2.16. The Balaban J connectivity index is 1.74. The molecule has 114 valence electrons. The fourth-order valence-electron chi connectivity index (χ4n) is 3.13. The molecule has 1 fully saturated rings. The minimum Gasteiger partial charge on any atom is -0.355 e. The van der Waals surface area contributed by atoms with E-state index in [0.717, 1.165) is 29.1 Å². The van der Waals surface area contributed by atoms with E-state index in [9.17, 15) is 14.9 Å². The Morgan fingerprint density at radius 1 is 1.22 bits per heavy atom. The van der Waals surface area contributed by atoms with E-state index in [1.165, 1.54) is 12.1 Å². The summed E-state index contributed by atoms with van der Waals surface area (Å²) in [5.74, 6) is -0.0540. The van der Waals surface area contributed by atoms with Crippen molar-refractivity contribution in [2.24, 2.45) is 5.92 Å². The van der Waals surface area contributed by atoms with Gasteiger partial charge in [0.05, 0.1) is 4.92 Å². The molecule has 2 N–H and O–H groups in total. The zero-order valence-corrected chi connectivity index (χ0v) is 12.1. The van der Waals surface area contributed by atoms with Crippen LogP contribution in [0.2, 0.25) is 0 Å². The molecule has 1 saturated heterocycles. The summed E-state index contributed by atoms with van der Waals surface area (Å²) < 4.78 is 0. The van der Waals surface area contributed by atoms with Crippen molar-refractivity contribution in [2.75, 3.05) is 5.32 Å². The number of carbonyl (C=O) groups is 1. The van der Waals surface area contributed by atoms with E-state index in [1.54, 1.807) is 12.1 Å². The Kier molecular flexibility index (Phi) is 2.90. The molecular formula is C17H13N3O3. The number of amides is 1. The van der Waals surface area contributed by atoms with Gasteiger partial charge in [0.1, 0.15) is 0 Å². The topological polar surface area (TPSA) is 84.3 Å². The minimum absolute atomic E-state index is 0.0410. The Hall–Kier alpha value is -3.15. The molecule has 1 atom stereocenters. The number of allylic oxidation sites excluding steroid dienone is 5. The molecule has 0 saturated carbocycles. The molecule has 6 heteroatoms. The van der Waals surface area contributed by atoms with Crippen LogP contribution >= 0.6 is 0 Å². The van der Waals surface area contributed by atoms with Crippen molar-refractivity contribution < 1.29 is 9.72 Å². The zero-order chi connectivity index (χ0) is 16.0. The number of carbonyl (C=O) groups excluding carboxylic acids is 1. The van der Waals surface area contributed by atoms with Crippen molar-refractivity contribution in [2.45, 2.75) is 6.42 Å². The Bertz CT molecular complexity index is 862. The number of non-ortho nitro benzene ring substituents is 1. The van der Waals surface area contributed by atoms with Gasteiger partial charge >= 0.3 is 0 Å². The van der Waals surface area contributed by atoms with Crippen LogP contribution < -0.4 is 10.6 Å². The van der Waals surface area contributed by atoms with Crippen LogP contribution in [0.25, 0.3) is 6.08 Å². The number of nitrogens with zero attached hydrogens (tertiary/aromatic N) is 1. The summed E-state index contributed by atoms with van der Waals surface area (Å²) in [6.07, 6.45) is 10.3. The average Bonchev–Trinajstić information content (AvgIpc) is 2.89. The summed E-state index contributed by atoms with van der Waals surface area (Å²) in [4.78, 5) is 22.7. The van der Waals surface area contributed by atoms with E-state index in [-0.39, 0.29) is 17.5 Å². The smallest absolute Gasteiger partial charge is 0.270 e. The van der Waals surface area contributed by atoms with Crippen LogP contribution in [0.15, 0.2) is 59.5 Å². The van der Waals surface area contributed by atoms with E-state index in [1.807, 2.05) is 24.3 Å². The van der Waals surface area contributed by atoms with Crippen LogP contribution in [0.1, 0.15) is 12.0 Å². The first-order valence-electron chi connectivity index (χ1n) is 7.29. The van der Waals surface area contributed by atoms with Crippen molar-refractivity contribution in [3.05, 3.63) is 75.1 Å². The average molecular weight is 307 g/mol. The first-order chi connectivity index (χ1) is 11.1. The molecule has 1 aliphatic carbocycles. The molecule has 1 unspecified atom stereocenters. The predicted molar refractivity (Wildman–Crippen MR) is 86.3 cm³/mol. The maximum absolute atomic E-state index is 12.3. The molecule has 0 radical (unpaired) electrons. The van der Waals surface area contributed by atoms with Gasteiger partial charge in [0.15, 0.2) is 0 Å². The van der Waals surface area contributed by atoms with Gasteiger partial charge in [-0.25, -0.2) is 0 Å². The number of anilines is 1. The second kappa shape index (κ2) is 4.95. The summed E-state index contributed by atoms with van der Waals surface area (Å²) in [5.41, 5.74) is 3.92. The second-order valence-corrected chi connectivity index (χ2v) is 5.61. The monoisotopic (exact) mass is 307 g/mol. The van der Waals surface area contributed by atoms with Crippen molar-refractivity contribution in [3.8, 4) is 0 Å². The number of nitrogens with one attached hydrogen (secondary N) is 2. The first-order valence-corrected chi connectivity index (χ1v) is 7.29. The van der Waals surface area contributed by atoms with Gasteiger partial charge in [-0.2, -0.15) is 0 Å². The van der Waals surface area contributed by atoms with Gasteiger partial charge in [-0.3, -0.25) is 14.9 Å². The summed E-state index contributed by atoms with van der Waals surface area (Å²) in [5, 5.41) is 17.0. The van der Waals surface area contributed by atoms with Crippen LogP contribution in [0, 0.1) is 16.0 Å². The highest BCUT2D eigenvalue weighted by Crippen LogP contribution is 2.37. The maximum Gasteiger partial charge on any atom is 0.270 e. The van der Waals surface area contributed by atoms with Gasteiger partial charge in [0, 0.05) is 46.3 Å². The number of nitro benzene ring substituents is 1. The normalized spacial score (nSPS) is 24.4. The van der Waals surface area contributed by atoms with E-state index in [2.05, 4.69) is 10.6 Å². The van der Waals surface area contributed by atoms with E-state index in [4.69, 9.17) is 0 Å². The van der Waals surface area contributed by atoms with Crippen molar-refractivity contribution in [1.82, 2.24) is 5.32 Å². The third-order valence-corrected chi connectivity index (χ3v) is 4.25. The van der Waals surface area contributed by atoms with Crippen LogP contribution in [-0.2, 0) is 4.79 Å². The minimum atomic E-state index is -0.419. The van der Waals surface area contributed by atoms with Crippen LogP contribution in [0.5, 0.6) is 0 Å². The lowest BCUT2D eigenvalue weighted by molar-refractivity contribution is -0.384. The molecule has 1 aromatic rings. The molecule has 3 aliphatic rings. The summed E-state index contributed by atoms with van der Waals surface area (Å²) >= 11 is 0. The molecule has 1 amide bonds. The molecule has 2 aliphatic heterocycles.